The molecule has 0 unspecified atom stereocenters. The smallest absolute Gasteiger partial charge is 0.283 e. The number of rotatable bonds is 7. The van der Waals surface area contributed by atoms with Crippen molar-refractivity contribution in [2.45, 2.75) is 45.1 Å². The molecule has 1 amide bonds. The maximum atomic E-state index is 12.3. The Bertz CT molecular complexity index is 544. The van der Waals surface area contributed by atoms with Crippen LogP contribution in [0.1, 0.15) is 44.5 Å². The maximum absolute atomic E-state index is 12.3. The second-order valence-corrected chi connectivity index (χ2v) is 7.12. The third kappa shape index (κ3) is 5.02. The van der Waals surface area contributed by atoms with Gasteiger partial charge in [0.25, 0.3) is 11.6 Å². The highest BCUT2D eigenvalue weighted by Gasteiger charge is 2.20. The number of thioether (sulfide) groups is 1. The third-order valence-corrected chi connectivity index (χ3v) is 4.55. The molecule has 0 saturated carbocycles. The number of carbonyl (C=O) groups is 1. The van der Waals surface area contributed by atoms with Crippen LogP contribution in [0, 0.1) is 16.0 Å². The molecule has 0 aliphatic heterocycles. The molecule has 1 aromatic rings. The summed E-state index contributed by atoms with van der Waals surface area (Å²) >= 11 is 1.47. The standard InChI is InChI=1S/C16H24N2O3S/c1-11(2)8-9-22-15-7-6-13(10-14(15)18(20)21)16(19)17(5)12(3)4/h6-7,10-12H,8-9H2,1-5H3. The average Bonchev–Trinajstić information content (AvgIpc) is 2.45. The predicted molar refractivity (Wildman–Crippen MR) is 90.5 cm³/mol. The minimum atomic E-state index is -0.413. The zero-order chi connectivity index (χ0) is 16.9. The number of benzene rings is 1. The van der Waals surface area contributed by atoms with E-state index in [0.717, 1.165) is 12.2 Å². The lowest BCUT2D eigenvalue weighted by Gasteiger charge is -2.21. The molecule has 6 heteroatoms. The van der Waals surface area contributed by atoms with E-state index in [2.05, 4.69) is 13.8 Å². The predicted octanol–water partition coefficient (Wildman–Crippen LogP) is 4.21. The first kappa shape index (κ1) is 18.5. The summed E-state index contributed by atoms with van der Waals surface area (Å²) < 4.78 is 0. The van der Waals surface area contributed by atoms with Crippen LogP contribution in [0.5, 0.6) is 0 Å². The number of amides is 1. The molecule has 0 aromatic heterocycles. The van der Waals surface area contributed by atoms with Gasteiger partial charge in [-0.3, -0.25) is 14.9 Å². The van der Waals surface area contributed by atoms with Crippen molar-refractivity contribution in [1.29, 1.82) is 0 Å². The molecule has 0 saturated heterocycles. The Morgan fingerprint density at radius 1 is 1.32 bits per heavy atom. The Hall–Kier alpha value is -1.56. The average molecular weight is 324 g/mol. The Kier molecular flexibility index (Phi) is 6.87. The van der Waals surface area contributed by atoms with Crippen LogP contribution in [0.2, 0.25) is 0 Å². The van der Waals surface area contributed by atoms with Gasteiger partial charge in [-0.25, -0.2) is 0 Å². The van der Waals surface area contributed by atoms with Crippen LogP contribution in [-0.2, 0) is 0 Å². The molecule has 5 nitrogen and oxygen atoms in total. The second-order valence-electron chi connectivity index (χ2n) is 5.98. The lowest BCUT2D eigenvalue weighted by Crippen LogP contribution is -2.32. The normalized spacial score (nSPS) is 11.0. The molecule has 0 fully saturated rings. The number of carbonyl (C=O) groups excluding carboxylic acids is 1. The summed E-state index contributed by atoms with van der Waals surface area (Å²) in [6.07, 6.45) is 0.999. The molecule has 0 aliphatic carbocycles. The van der Waals surface area contributed by atoms with E-state index >= 15 is 0 Å². The fraction of sp³-hybridized carbons (Fsp3) is 0.562. The molecule has 0 N–H and O–H groups in total. The Morgan fingerprint density at radius 2 is 1.95 bits per heavy atom. The lowest BCUT2D eigenvalue weighted by atomic mass is 10.1. The highest BCUT2D eigenvalue weighted by Crippen LogP contribution is 2.31. The zero-order valence-corrected chi connectivity index (χ0v) is 14.6. The van der Waals surface area contributed by atoms with Crippen molar-refractivity contribution in [3.8, 4) is 0 Å². The van der Waals surface area contributed by atoms with E-state index in [1.54, 1.807) is 24.1 Å². The summed E-state index contributed by atoms with van der Waals surface area (Å²) in [5.41, 5.74) is 0.368. The van der Waals surface area contributed by atoms with Crippen molar-refractivity contribution in [2.75, 3.05) is 12.8 Å². The number of hydrogen-bond donors (Lipinski definition) is 0. The van der Waals surface area contributed by atoms with Gasteiger partial charge in [0, 0.05) is 24.7 Å². The van der Waals surface area contributed by atoms with Crippen molar-refractivity contribution in [3.05, 3.63) is 33.9 Å². The Labute approximate surface area is 136 Å². The van der Waals surface area contributed by atoms with Crippen LogP contribution in [-0.4, -0.2) is 34.6 Å². The van der Waals surface area contributed by atoms with Crippen molar-refractivity contribution < 1.29 is 9.72 Å². The molecule has 0 atom stereocenters. The molecule has 1 rings (SSSR count). The van der Waals surface area contributed by atoms with Crippen molar-refractivity contribution in [1.82, 2.24) is 4.90 Å². The van der Waals surface area contributed by atoms with Crippen LogP contribution in [0.4, 0.5) is 5.69 Å². The fourth-order valence-electron chi connectivity index (χ4n) is 1.76. The monoisotopic (exact) mass is 324 g/mol. The van der Waals surface area contributed by atoms with Crippen LogP contribution in [0.25, 0.3) is 0 Å². The van der Waals surface area contributed by atoms with Crippen molar-refractivity contribution in [3.63, 3.8) is 0 Å². The molecule has 22 heavy (non-hydrogen) atoms. The SMILES string of the molecule is CC(C)CCSc1ccc(C(=O)N(C)C(C)C)cc1[N+](=O)[O-]. The Balaban J connectivity index is 2.99. The first-order valence-electron chi connectivity index (χ1n) is 7.42. The molecular formula is C16H24N2O3S. The van der Waals surface area contributed by atoms with Crippen molar-refractivity contribution >= 4 is 23.4 Å². The van der Waals surface area contributed by atoms with Crippen molar-refractivity contribution in [2.24, 2.45) is 5.92 Å². The van der Waals surface area contributed by atoms with Gasteiger partial charge < -0.3 is 4.90 Å². The minimum Gasteiger partial charge on any atom is -0.339 e. The summed E-state index contributed by atoms with van der Waals surface area (Å²) in [7, 11) is 1.70. The fourth-order valence-corrected chi connectivity index (χ4v) is 3.01. The molecule has 0 aliphatic rings. The maximum Gasteiger partial charge on any atom is 0.283 e. The van der Waals surface area contributed by atoms with E-state index in [4.69, 9.17) is 0 Å². The quantitative estimate of drug-likeness (QED) is 0.428. The zero-order valence-electron chi connectivity index (χ0n) is 13.8. The molecule has 0 spiro atoms. The van der Waals surface area contributed by atoms with Gasteiger partial charge in [0.2, 0.25) is 0 Å². The van der Waals surface area contributed by atoms with Gasteiger partial charge in [-0.05, 0) is 44.1 Å². The van der Waals surface area contributed by atoms with E-state index < -0.39 is 4.92 Å². The van der Waals surface area contributed by atoms with E-state index in [-0.39, 0.29) is 17.6 Å². The van der Waals surface area contributed by atoms with Gasteiger partial charge in [-0.2, -0.15) is 0 Å². The van der Waals surface area contributed by atoms with Crippen LogP contribution in [0.3, 0.4) is 0 Å². The first-order valence-corrected chi connectivity index (χ1v) is 8.41. The largest absolute Gasteiger partial charge is 0.339 e. The highest BCUT2D eigenvalue weighted by molar-refractivity contribution is 7.99. The van der Waals surface area contributed by atoms with Crippen LogP contribution < -0.4 is 0 Å². The number of nitro benzene ring substituents is 1. The topological polar surface area (TPSA) is 63.5 Å². The van der Waals surface area contributed by atoms with E-state index in [0.29, 0.717) is 16.4 Å². The summed E-state index contributed by atoms with van der Waals surface area (Å²) in [4.78, 5) is 25.3. The summed E-state index contributed by atoms with van der Waals surface area (Å²) in [6.45, 7) is 8.06. The number of hydrogen-bond acceptors (Lipinski definition) is 4. The highest BCUT2D eigenvalue weighted by atomic mass is 32.2. The Morgan fingerprint density at radius 3 is 2.45 bits per heavy atom. The van der Waals surface area contributed by atoms with Gasteiger partial charge in [0.15, 0.2) is 0 Å². The summed E-state index contributed by atoms with van der Waals surface area (Å²) in [5, 5.41) is 11.3. The third-order valence-electron chi connectivity index (χ3n) is 3.45. The van der Waals surface area contributed by atoms with E-state index in [1.807, 2.05) is 13.8 Å². The molecule has 0 radical (unpaired) electrons. The van der Waals surface area contributed by atoms with E-state index in [9.17, 15) is 14.9 Å². The van der Waals surface area contributed by atoms with Gasteiger partial charge >= 0.3 is 0 Å². The molecular weight excluding hydrogens is 300 g/mol. The molecule has 0 heterocycles. The van der Waals surface area contributed by atoms with Crippen LogP contribution >= 0.6 is 11.8 Å². The first-order chi connectivity index (χ1) is 10.2. The number of nitro groups is 1. The van der Waals surface area contributed by atoms with Gasteiger partial charge in [0.1, 0.15) is 0 Å². The lowest BCUT2D eigenvalue weighted by molar-refractivity contribution is -0.387. The summed E-state index contributed by atoms with van der Waals surface area (Å²) in [5.74, 6) is 1.20. The van der Waals surface area contributed by atoms with Gasteiger partial charge in [-0.15, -0.1) is 11.8 Å². The summed E-state index contributed by atoms with van der Waals surface area (Å²) in [6, 6.07) is 4.79. The van der Waals surface area contributed by atoms with E-state index in [1.165, 1.54) is 17.8 Å². The molecule has 122 valence electrons. The molecule has 0 bridgehead atoms. The molecule has 1 aromatic carbocycles. The van der Waals surface area contributed by atoms with Gasteiger partial charge in [0.05, 0.1) is 9.82 Å². The minimum absolute atomic E-state index is 0.0109. The van der Waals surface area contributed by atoms with Crippen LogP contribution in [0.15, 0.2) is 23.1 Å². The van der Waals surface area contributed by atoms with Gasteiger partial charge in [-0.1, -0.05) is 13.8 Å². The number of nitrogens with zero attached hydrogens (tertiary/aromatic N) is 2. The second kappa shape index (κ2) is 8.17.